The Balaban J connectivity index is 2.12. The molecule has 1 aliphatic rings. The number of primary amides is 1. The molecule has 2 rings (SSSR count). The van der Waals surface area contributed by atoms with E-state index in [-0.39, 0.29) is 6.03 Å². The van der Waals surface area contributed by atoms with Crippen LogP contribution in [-0.2, 0) is 12.8 Å². The lowest BCUT2D eigenvalue weighted by atomic mass is 10.2. The summed E-state index contributed by atoms with van der Waals surface area (Å²) in [6, 6.07) is -0.342. The van der Waals surface area contributed by atoms with E-state index in [0.717, 1.165) is 24.2 Å². The molecule has 0 saturated heterocycles. The Morgan fingerprint density at radius 2 is 2.31 bits per heavy atom. The second-order valence-corrected chi connectivity index (χ2v) is 3.15. The molecule has 0 atom stereocenters. The molecule has 0 radical (unpaired) electrons. The van der Waals surface area contributed by atoms with Gasteiger partial charge in [-0.3, -0.25) is 0 Å². The van der Waals surface area contributed by atoms with Crippen LogP contribution in [0.3, 0.4) is 0 Å². The normalized spacial score (nSPS) is 16.5. The highest BCUT2D eigenvalue weighted by Gasteiger charge is 2.17. The van der Waals surface area contributed by atoms with Crippen molar-refractivity contribution >= 4 is 6.03 Å². The van der Waals surface area contributed by atoms with Crippen molar-refractivity contribution in [3.8, 4) is 0 Å². The molecule has 0 aliphatic carbocycles. The van der Waals surface area contributed by atoms with Crippen molar-refractivity contribution in [3.05, 3.63) is 17.7 Å². The highest BCUT2D eigenvalue weighted by atomic mass is 16.2. The highest BCUT2D eigenvalue weighted by molar-refractivity contribution is 5.72. The van der Waals surface area contributed by atoms with Gasteiger partial charge in [0.1, 0.15) is 0 Å². The molecule has 70 valence electrons. The number of urea groups is 1. The van der Waals surface area contributed by atoms with Crippen LogP contribution in [0.2, 0.25) is 0 Å². The number of carbonyl (C=O) groups excluding carboxylic acids is 1. The van der Waals surface area contributed by atoms with Crippen molar-refractivity contribution in [2.24, 2.45) is 5.73 Å². The zero-order valence-electron chi connectivity index (χ0n) is 7.29. The smallest absolute Gasteiger partial charge is 0.314 e. The first-order valence-corrected chi connectivity index (χ1v) is 4.33. The molecule has 0 fully saturated rings. The molecule has 2 amide bonds. The van der Waals surface area contributed by atoms with Gasteiger partial charge in [0.2, 0.25) is 0 Å². The van der Waals surface area contributed by atoms with Crippen LogP contribution in [0.15, 0.2) is 6.33 Å². The van der Waals surface area contributed by atoms with Gasteiger partial charge in [-0.15, -0.1) is 0 Å². The molecule has 1 aliphatic heterocycles. The molecule has 1 aromatic heterocycles. The lowest BCUT2D eigenvalue weighted by Gasteiger charge is -2.16. The van der Waals surface area contributed by atoms with Gasteiger partial charge in [-0.25, -0.2) is 9.78 Å². The number of rotatable bonds is 0. The van der Waals surface area contributed by atoms with Crippen LogP contribution in [0.25, 0.3) is 0 Å². The fourth-order valence-corrected chi connectivity index (χ4v) is 1.60. The summed E-state index contributed by atoms with van der Waals surface area (Å²) >= 11 is 0. The molecule has 5 heteroatoms. The van der Waals surface area contributed by atoms with Gasteiger partial charge in [-0.2, -0.15) is 0 Å². The molecule has 0 saturated carbocycles. The Morgan fingerprint density at radius 1 is 1.54 bits per heavy atom. The summed E-state index contributed by atoms with van der Waals surface area (Å²) in [7, 11) is 0. The van der Waals surface area contributed by atoms with Crippen LogP contribution in [-0.4, -0.2) is 34.0 Å². The van der Waals surface area contributed by atoms with E-state index in [1.165, 1.54) is 0 Å². The van der Waals surface area contributed by atoms with Crippen LogP contribution in [0.1, 0.15) is 11.4 Å². The summed E-state index contributed by atoms with van der Waals surface area (Å²) in [5.74, 6) is 0. The zero-order chi connectivity index (χ0) is 9.26. The maximum Gasteiger partial charge on any atom is 0.314 e. The van der Waals surface area contributed by atoms with Gasteiger partial charge in [-0.1, -0.05) is 0 Å². The van der Waals surface area contributed by atoms with Crippen molar-refractivity contribution < 1.29 is 4.79 Å². The monoisotopic (exact) mass is 180 g/mol. The zero-order valence-corrected chi connectivity index (χ0v) is 7.29. The van der Waals surface area contributed by atoms with Gasteiger partial charge in [0.15, 0.2) is 0 Å². The minimum absolute atomic E-state index is 0.342. The fourth-order valence-electron chi connectivity index (χ4n) is 1.60. The number of carbonyl (C=O) groups is 1. The predicted octanol–water partition coefficient (Wildman–Crippen LogP) is -0.111. The minimum atomic E-state index is -0.342. The summed E-state index contributed by atoms with van der Waals surface area (Å²) in [5, 5.41) is 0. The molecular weight excluding hydrogens is 168 g/mol. The third-order valence-corrected chi connectivity index (χ3v) is 2.37. The molecule has 0 aromatic carbocycles. The summed E-state index contributed by atoms with van der Waals surface area (Å²) < 4.78 is 0. The number of H-pyrrole nitrogens is 1. The average molecular weight is 180 g/mol. The topological polar surface area (TPSA) is 75.0 Å². The Bertz CT molecular complexity index is 297. The van der Waals surface area contributed by atoms with E-state index in [0.29, 0.717) is 13.1 Å². The number of nitrogens with one attached hydrogen (secondary N) is 1. The van der Waals surface area contributed by atoms with Crippen LogP contribution in [0.4, 0.5) is 4.79 Å². The Morgan fingerprint density at radius 3 is 3.08 bits per heavy atom. The molecule has 3 N–H and O–H groups in total. The molecule has 5 nitrogen and oxygen atoms in total. The fraction of sp³-hybridized carbons (Fsp3) is 0.500. The van der Waals surface area contributed by atoms with Crippen molar-refractivity contribution in [1.29, 1.82) is 0 Å². The van der Waals surface area contributed by atoms with Gasteiger partial charge >= 0.3 is 6.03 Å². The second-order valence-electron chi connectivity index (χ2n) is 3.15. The number of aromatic amines is 1. The quantitative estimate of drug-likeness (QED) is 0.584. The van der Waals surface area contributed by atoms with E-state index in [2.05, 4.69) is 9.97 Å². The van der Waals surface area contributed by atoms with E-state index < -0.39 is 0 Å². The molecule has 0 spiro atoms. The minimum Gasteiger partial charge on any atom is -0.351 e. The van der Waals surface area contributed by atoms with E-state index in [1.807, 2.05) is 0 Å². The Hall–Kier alpha value is -1.52. The number of nitrogens with zero attached hydrogens (tertiary/aromatic N) is 2. The molecular formula is C8H12N4O. The maximum absolute atomic E-state index is 10.9. The van der Waals surface area contributed by atoms with E-state index in [4.69, 9.17) is 5.73 Å². The largest absolute Gasteiger partial charge is 0.351 e. The third kappa shape index (κ3) is 1.49. The van der Waals surface area contributed by atoms with E-state index >= 15 is 0 Å². The molecule has 0 unspecified atom stereocenters. The Kier molecular flexibility index (Phi) is 1.92. The third-order valence-electron chi connectivity index (χ3n) is 2.37. The number of hydrogen-bond donors (Lipinski definition) is 2. The lowest BCUT2D eigenvalue weighted by Crippen LogP contribution is -2.37. The highest BCUT2D eigenvalue weighted by Crippen LogP contribution is 2.10. The first kappa shape index (κ1) is 8.10. The first-order valence-electron chi connectivity index (χ1n) is 4.33. The molecule has 0 bridgehead atoms. The van der Waals surface area contributed by atoms with E-state index in [9.17, 15) is 4.79 Å². The molecule has 2 heterocycles. The summed E-state index contributed by atoms with van der Waals surface area (Å²) in [6.07, 6.45) is 3.31. The van der Waals surface area contributed by atoms with Crippen LogP contribution < -0.4 is 5.73 Å². The standard InChI is InChI=1S/C8H12N4O/c9-8(13)12-3-1-6-7(2-4-12)11-5-10-6/h5H,1-4H2,(H2,9,13)(H,10,11). The number of imidazole rings is 1. The van der Waals surface area contributed by atoms with Crippen molar-refractivity contribution in [2.75, 3.05) is 13.1 Å². The summed E-state index contributed by atoms with van der Waals surface area (Å²) in [4.78, 5) is 19.8. The van der Waals surface area contributed by atoms with Gasteiger partial charge in [0.05, 0.1) is 12.0 Å². The lowest BCUT2D eigenvalue weighted by molar-refractivity contribution is 0.210. The van der Waals surface area contributed by atoms with Gasteiger partial charge in [-0.05, 0) is 0 Å². The molecule has 13 heavy (non-hydrogen) atoms. The molecule has 1 aromatic rings. The van der Waals surface area contributed by atoms with Gasteiger partial charge in [0, 0.05) is 31.6 Å². The van der Waals surface area contributed by atoms with Crippen molar-refractivity contribution in [1.82, 2.24) is 14.9 Å². The number of hydrogen-bond acceptors (Lipinski definition) is 2. The van der Waals surface area contributed by atoms with Gasteiger partial charge < -0.3 is 15.6 Å². The van der Waals surface area contributed by atoms with Crippen LogP contribution >= 0.6 is 0 Å². The average Bonchev–Trinajstić information content (AvgIpc) is 2.44. The Labute approximate surface area is 75.9 Å². The van der Waals surface area contributed by atoms with Crippen LogP contribution in [0.5, 0.6) is 0 Å². The van der Waals surface area contributed by atoms with Gasteiger partial charge in [0.25, 0.3) is 0 Å². The second kappa shape index (κ2) is 3.08. The number of aromatic nitrogens is 2. The number of fused-ring (bicyclic) bond motifs is 1. The van der Waals surface area contributed by atoms with E-state index in [1.54, 1.807) is 11.2 Å². The number of amides is 2. The van der Waals surface area contributed by atoms with Crippen LogP contribution in [0, 0.1) is 0 Å². The van der Waals surface area contributed by atoms with Crippen molar-refractivity contribution in [2.45, 2.75) is 12.8 Å². The van der Waals surface area contributed by atoms with Crippen molar-refractivity contribution in [3.63, 3.8) is 0 Å². The first-order chi connectivity index (χ1) is 6.27. The maximum atomic E-state index is 10.9. The predicted molar refractivity (Wildman–Crippen MR) is 47.2 cm³/mol. The number of nitrogens with two attached hydrogens (primary N) is 1. The summed E-state index contributed by atoms with van der Waals surface area (Å²) in [5.41, 5.74) is 7.38. The summed E-state index contributed by atoms with van der Waals surface area (Å²) in [6.45, 7) is 1.36. The SMILES string of the molecule is NC(=O)N1CCc2nc[nH]c2CC1.